The van der Waals surface area contributed by atoms with Crippen LogP contribution >= 0.6 is 12.6 Å². The number of nitrogens with zero attached hydrogens (tertiary/aromatic N) is 1. The normalized spacial score (nSPS) is 13.9. The van der Waals surface area contributed by atoms with Gasteiger partial charge in [0, 0.05) is 47.6 Å². The highest BCUT2D eigenvalue weighted by Crippen LogP contribution is 2.19. The van der Waals surface area contributed by atoms with Gasteiger partial charge >= 0.3 is 5.97 Å². The quantitative estimate of drug-likeness (QED) is 0.0914. The molecule has 0 spiro atoms. The van der Waals surface area contributed by atoms with E-state index in [2.05, 4.69) is 43.5 Å². The zero-order chi connectivity index (χ0) is 30.9. The van der Waals surface area contributed by atoms with Gasteiger partial charge in [0.2, 0.25) is 17.7 Å². The van der Waals surface area contributed by atoms with E-state index in [0.717, 1.165) is 16.5 Å². The molecule has 3 amide bonds. The maximum absolute atomic E-state index is 13.4. The number of thiol groups is 1. The fourth-order valence-corrected chi connectivity index (χ4v) is 4.80. The topological polar surface area (TPSA) is 215 Å². The summed E-state index contributed by atoms with van der Waals surface area (Å²) in [6, 6.07) is 9.06. The van der Waals surface area contributed by atoms with Crippen LogP contribution in [0, 0.1) is 0 Å². The van der Waals surface area contributed by atoms with Crippen LogP contribution < -0.4 is 21.7 Å². The molecule has 226 valence electrons. The van der Waals surface area contributed by atoms with Gasteiger partial charge in [-0.25, -0.2) is 9.78 Å². The van der Waals surface area contributed by atoms with Gasteiger partial charge in [0.15, 0.2) is 0 Å². The number of imidazole rings is 1. The van der Waals surface area contributed by atoms with Crippen LogP contribution in [0.3, 0.4) is 0 Å². The molecule has 4 rings (SSSR count). The maximum Gasteiger partial charge on any atom is 0.326 e. The molecule has 4 unspecified atom stereocenters. The molecule has 0 saturated carbocycles. The first-order chi connectivity index (χ1) is 20.6. The van der Waals surface area contributed by atoms with Gasteiger partial charge in [-0.05, 0) is 35.7 Å². The van der Waals surface area contributed by atoms with E-state index in [1.54, 1.807) is 18.3 Å². The number of H-pyrrole nitrogens is 2. The number of nitrogens with two attached hydrogens (primary N) is 1. The highest BCUT2D eigenvalue weighted by Gasteiger charge is 2.30. The number of carbonyl (C=O) groups is 4. The van der Waals surface area contributed by atoms with Gasteiger partial charge in [0.05, 0.1) is 12.4 Å². The number of carboxylic acids is 1. The van der Waals surface area contributed by atoms with Crippen molar-refractivity contribution in [1.82, 2.24) is 30.9 Å². The van der Waals surface area contributed by atoms with E-state index in [1.807, 2.05) is 24.3 Å². The molecule has 0 aliphatic rings. The van der Waals surface area contributed by atoms with Crippen molar-refractivity contribution in [3.8, 4) is 5.75 Å². The van der Waals surface area contributed by atoms with E-state index < -0.39 is 47.9 Å². The van der Waals surface area contributed by atoms with Crippen molar-refractivity contribution in [2.45, 2.75) is 43.4 Å². The second-order valence-electron chi connectivity index (χ2n) is 10.0. The number of hydrogen-bond acceptors (Lipinski definition) is 8. The number of phenols is 1. The second kappa shape index (κ2) is 14.4. The van der Waals surface area contributed by atoms with Gasteiger partial charge in [-0.1, -0.05) is 30.3 Å². The first-order valence-electron chi connectivity index (χ1n) is 13.4. The number of benzene rings is 2. The number of rotatable bonds is 14. The Morgan fingerprint density at radius 2 is 1.53 bits per heavy atom. The Morgan fingerprint density at radius 1 is 0.860 bits per heavy atom. The van der Waals surface area contributed by atoms with Gasteiger partial charge in [-0.2, -0.15) is 12.6 Å². The largest absolute Gasteiger partial charge is 0.508 e. The van der Waals surface area contributed by atoms with Gasteiger partial charge in [-0.3, -0.25) is 14.4 Å². The van der Waals surface area contributed by atoms with E-state index in [-0.39, 0.29) is 30.8 Å². The number of carboxylic acid groups (broad SMARTS) is 1. The Hall–Kier alpha value is -4.82. The van der Waals surface area contributed by atoms with Crippen LogP contribution in [-0.2, 0) is 38.4 Å². The molecule has 0 aliphatic heterocycles. The molecule has 2 aromatic carbocycles. The Kier molecular flexibility index (Phi) is 10.4. The number of hydrogen-bond donors (Lipinski definition) is 9. The number of amides is 3. The number of aromatic amines is 2. The van der Waals surface area contributed by atoms with Crippen molar-refractivity contribution in [3.05, 3.63) is 84.1 Å². The standard InChI is InChI=1S/C29H33N7O6S/c30-21(10-17-12-32-22-4-2-1-3-20(17)22)26(38)34-23(9-16-5-7-19(37)8-6-16)27(39)36-25(14-43)28(40)35-24(29(41)42)11-18-13-31-15-33-18/h1-8,12-13,15,21,23-25,32,37,43H,9-11,14,30H2,(H,31,33)(H,34,38)(H,35,40)(H,36,39)(H,41,42). The fourth-order valence-electron chi connectivity index (χ4n) is 4.54. The summed E-state index contributed by atoms with van der Waals surface area (Å²) < 4.78 is 0. The molecule has 4 atom stereocenters. The third-order valence-corrected chi connectivity index (χ3v) is 7.23. The summed E-state index contributed by atoms with van der Waals surface area (Å²) in [5.41, 5.74) is 9.12. The number of phenolic OH excluding ortho intramolecular Hbond substituents is 1. The van der Waals surface area contributed by atoms with Crippen LogP contribution in [0.4, 0.5) is 0 Å². The molecule has 13 nitrogen and oxygen atoms in total. The molecule has 0 fully saturated rings. The number of aromatic nitrogens is 3. The van der Waals surface area contributed by atoms with Crippen LogP contribution in [0.2, 0.25) is 0 Å². The summed E-state index contributed by atoms with van der Waals surface area (Å²) in [4.78, 5) is 61.2. The van der Waals surface area contributed by atoms with E-state index in [9.17, 15) is 29.4 Å². The molecule has 2 heterocycles. The molecule has 43 heavy (non-hydrogen) atoms. The number of aliphatic carboxylic acids is 1. The molecule has 0 saturated heterocycles. The van der Waals surface area contributed by atoms with Gasteiger partial charge in [0.25, 0.3) is 0 Å². The van der Waals surface area contributed by atoms with Crippen molar-refractivity contribution in [2.24, 2.45) is 5.73 Å². The molecule has 0 aliphatic carbocycles. The molecular weight excluding hydrogens is 574 g/mol. The number of aromatic hydroxyl groups is 1. The Balaban J connectivity index is 1.46. The van der Waals surface area contributed by atoms with Crippen LogP contribution in [0.5, 0.6) is 5.75 Å². The Labute approximate surface area is 252 Å². The van der Waals surface area contributed by atoms with Crippen molar-refractivity contribution < 1.29 is 29.4 Å². The van der Waals surface area contributed by atoms with E-state index in [0.29, 0.717) is 11.3 Å². The van der Waals surface area contributed by atoms with Gasteiger partial charge < -0.3 is 41.9 Å². The zero-order valence-electron chi connectivity index (χ0n) is 23.0. The summed E-state index contributed by atoms with van der Waals surface area (Å²) in [5, 5.41) is 27.8. The zero-order valence-corrected chi connectivity index (χ0v) is 23.9. The third-order valence-electron chi connectivity index (χ3n) is 6.87. The van der Waals surface area contributed by atoms with Crippen molar-refractivity contribution in [1.29, 1.82) is 0 Å². The van der Waals surface area contributed by atoms with Crippen LogP contribution in [0.1, 0.15) is 16.8 Å². The predicted octanol–water partition coefficient (Wildman–Crippen LogP) is 0.421. The number of carbonyl (C=O) groups excluding carboxylic acids is 3. The lowest BCUT2D eigenvalue weighted by Gasteiger charge is -2.24. The number of para-hydroxylation sites is 1. The molecule has 14 heteroatoms. The SMILES string of the molecule is NC(Cc1c[nH]c2ccccc12)C(=O)NC(Cc1ccc(O)cc1)C(=O)NC(CS)C(=O)NC(Cc1cnc[nH]1)C(=O)O. The Morgan fingerprint density at radius 3 is 2.21 bits per heavy atom. The summed E-state index contributed by atoms with van der Waals surface area (Å²) in [5.74, 6) is -3.43. The first-order valence-corrected chi connectivity index (χ1v) is 14.1. The van der Waals surface area contributed by atoms with Gasteiger partial charge in [0.1, 0.15) is 23.9 Å². The first kappa shape index (κ1) is 31.1. The van der Waals surface area contributed by atoms with E-state index >= 15 is 0 Å². The third kappa shape index (κ3) is 8.36. The lowest BCUT2D eigenvalue weighted by atomic mass is 10.0. The fraction of sp³-hybridized carbons (Fsp3) is 0.276. The predicted molar refractivity (Wildman–Crippen MR) is 161 cm³/mol. The van der Waals surface area contributed by atoms with Crippen LogP contribution in [0.15, 0.2) is 67.3 Å². The minimum absolute atomic E-state index is 0.0240. The number of nitrogens with one attached hydrogen (secondary N) is 5. The van der Waals surface area contributed by atoms with Crippen molar-refractivity contribution in [2.75, 3.05) is 5.75 Å². The Bertz CT molecular complexity index is 1560. The van der Waals surface area contributed by atoms with Crippen molar-refractivity contribution >= 4 is 47.2 Å². The average molecular weight is 608 g/mol. The van der Waals surface area contributed by atoms with E-state index in [4.69, 9.17) is 5.73 Å². The second-order valence-corrected chi connectivity index (χ2v) is 10.4. The average Bonchev–Trinajstić information content (AvgIpc) is 3.66. The highest BCUT2D eigenvalue weighted by atomic mass is 32.1. The maximum atomic E-state index is 13.4. The summed E-state index contributed by atoms with van der Waals surface area (Å²) in [6.07, 6.45) is 4.79. The monoisotopic (exact) mass is 607 g/mol. The molecule has 0 radical (unpaired) electrons. The molecular formula is C29H33N7O6S. The minimum Gasteiger partial charge on any atom is -0.508 e. The molecule has 0 bridgehead atoms. The highest BCUT2D eigenvalue weighted by molar-refractivity contribution is 7.80. The molecule has 2 aromatic heterocycles. The van der Waals surface area contributed by atoms with Crippen molar-refractivity contribution in [3.63, 3.8) is 0 Å². The van der Waals surface area contributed by atoms with E-state index in [1.165, 1.54) is 24.7 Å². The summed E-state index contributed by atoms with van der Waals surface area (Å²) in [6.45, 7) is 0. The molecule has 9 N–H and O–H groups in total. The number of fused-ring (bicyclic) bond motifs is 1. The lowest BCUT2D eigenvalue weighted by Crippen LogP contribution is -2.58. The molecule has 4 aromatic rings. The van der Waals surface area contributed by atoms with Crippen LogP contribution in [0.25, 0.3) is 10.9 Å². The lowest BCUT2D eigenvalue weighted by molar-refractivity contribution is -0.142. The smallest absolute Gasteiger partial charge is 0.326 e. The summed E-state index contributed by atoms with van der Waals surface area (Å²) in [7, 11) is 0. The van der Waals surface area contributed by atoms with Crippen LogP contribution in [-0.4, -0.2) is 78.8 Å². The summed E-state index contributed by atoms with van der Waals surface area (Å²) >= 11 is 4.18. The van der Waals surface area contributed by atoms with Gasteiger partial charge in [-0.15, -0.1) is 0 Å². The minimum atomic E-state index is -1.29.